The SMILES string of the molecule is Cc1cnc(NC(=O)c2cccc(NC(=O)[C@@H]3CCCO3)c2)s1. The summed E-state index contributed by atoms with van der Waals surface area (Å²) in [5.74, 6) is -0.428. The average molecular weight is 331 g/mol. The van der Waals surface area contributed by atoms with Gasteiger partial charge in [0, 0.05) is 28.9 Å². The van der Waals surface area contributed by atoms with Crippen molar-refractivity contribution in [3.05, 3.63) is 40.9 Å². The predicted octanol–water partition coefficient (Wildman–Crippen LogP) is 2.82. The van der Waals surface area contributed by atoms with Crippen LogP contribution in [0.3, 0.4) is 0 Å². The zero-order valence-electron chi connectivity index (χ0n) is 12.7. The molecule has 3 rings (SSSR count). The largest absolute Gasteiger partial charge is 0.368 e. The molecule has 7 heteroatoms. The van der Waals surface area contributed by atoms with Crippen molar-refractivity contribution in [1.29, 1.82) is 0 Å². The summed E-state index contributed by atoms with van der Waals surface area (Å²) in [7, 11) is 0. The van der Waals surface area contributed by atoms with E-state index in [0.717, 1.165) is 17.7 Å². The van der Waals surface area contributed by atoms with Gasteiger partial charge in [0.15, 0.2) is 5.13 Å². The summed E-state index contributed by atoms with van der Waals surface area (Å²) in [4.78, 5) is 29.4. The number of amides is 2. The quantitative estimate of drug-likeness (QED) is 0.903. The second-order valence-electron chi connectivity index (χ2n) is 5.30. The van der Waals surface area contributed by atoms with E-state index in [1.54, 1.807) is 30.5 Å². The summed E-state index contributed by atoms with van der Waals surface area (Å²) < 4.78 is 5.35. The Morgan fingerprint density at radius 3 is 2.91 bits per heavy atom. The summed E-state index contributed by atoms with van der Waals surface area (Å²) in [5.41, 5.74) is 1.04. The zero-order valence-corrected chi connectivity index (χ0v) is 13.5. The molecule has 6 nitrogen and oxygen atoms in total. The lowest BCUT2D eigenvalue weighted by atomic mass is 10.1. The van der Waals surface area contributed by atoms with Crippen LogP contribution < -0.4 is 10.6 Å². The molecule has 2 heterocycles. The molecule has 2 aromatic rings. The van der Waals surface area contributed by atoms with Gasteiger partial charge >= 0.3 is 0 Å². The Hall–Kier alpha value is -2.25. The molecule has 0 radical (unpaired) electrons. The fourth-order valence-corrected chi connectivity index (χ4v) is 2.99. The first-order valence-electron chi connectivity index (χ1n) is 7.38. The van der Waals surface area contributed by atoms with Crippen molar-refractivity contribution in [3.63, 3.8) is 0 Å². The molecule has 1 aromatic carbocycles. The molecule has 0 aliphatic carbocycles. The Balaban J connectivity index is 1.66. The third kappa shape index (κ3) is 3.94. The molecule has 2 N–H and O–H groups in total. The molecule has 1 aliphatic rings. The topological polar surface area (TPSA) is 80.3 Å². The van der Waals surface area contributed by atoms with Crippen LogP contribution in [0.4, 0.5) is 10.8 Å². The smallest absolute Gasteiger partial charge is 0.257 e. The molecule has 0 unspecified atom stereocenters. The Labute approximate surface area is 137 Å². The van der Waals surface area contributed by atoms with E-state index >= 15 is 0 Å². The lowest BCUT2D eigenvalue weighted by Gasteiger charge is -2.11. The number of carbonyl (C=O) groups excluding carboxylic acids is 2. The first kappa shape index (κ1) is 15.6. The highest BCUT2D eigenvalue weighted by atomic mass is 32.1. The average Bonchev–Trinajstić information content (AvgIpc) is 3.19. The van der Waals surface area contributed by atoms with Gasteiger partial charge in [0.1, 0.15) is 6.10 Å². The molecule has 1 aromatic heterocycles. The van der Waals surface area contributed by atoms with Gasteiger partial charge in [0.25, 0.3) is 11.8 Å². The molecule has 23 heavy (non-hydrogen) atoms. The number of hydrogen-bond donors (Lipinski definition) is 2. The van der Waals surface area contributed by atoms with Crippen LogP contribution in [0.2, 0.25) is 0 Å². The van der Waals surface area contributed by atoms with Crippen molar-refractivity contribution in [2.75, 3.05) is 17.2 Å². The van der Waals surface area contributed by atoms with Gasteiger partial charge in [-0.2, -0.15) is 0 Å². The Morgan fingerprint density at radius 1 is 1.35 bits per heavy atom. The number of nitrogens with one attached hydrogen (secondary N) is 2. The van der Waals surface area contributed by atoms with Crippen LogP contribution in [0.15, 0.2) is 30.5 Å². The molecular formula is C16H17N3O3S. The van der Waals surface area contributed by atoms with Gasteiger partial charge in [-0.1, -0.05) is 6.07 Å². The van der Waals surface area contributed by atoms with Gasteiger partial charge in [-0.05, 0) is 38.0 Å². The third-order valence-electron chi connectivity index (χ3n) is 3.46. The van der Waals surface area contributed by atoms with E-state index in [9.17, 15) is 9.59 Å². The maximum Gasteiger partial charge on any atom is 0.257 e. The van der Waals surface area contributed by atoms with Crippen LogP contribution in [0.1, 0.15) is 28.1 Å². The Kier molecular flexibility index (Phi) is 4.68. The first-order valence-corrected chi connectivity index (χ1v) is 8.20. The number of nitrogens with zero attached hydrogens (tertiary/aromatic N) is 1. The molecule has 1 aliphatic heterocycles. The standard InChI is InChI=1S/C16H17N3O3S/c1-10-9-17-16(23-10)19-14(20)11-4-2-5-12(8-11)18-15(21)13-6-3-7-22-13/h2,4-5,8-9,13H,3,6-7H2,1H3,(H,18,21)(H,17,19,20)/t13-/m0/s1. The van der Waals surface area contributed by atoms with E-state index < -0.39 is 6.10 Å². The van der Waals surface area contributed by atoms with Crippen LogP contribution in [-0.4, -0.2) is 29.5 Å². The molecular weight excluding hydrogens is 314 g/mol. The summed E-state index contributed by atoms with van der Waals surface area (Å²) in [5, 5.41) is 6.09. The monoisotopic (exact) mass is 331 g/mol. The van der Waals surface area contributed by atoms with E-state index in [1.807, 2.05) is 6.92 Å². The van der Waals surface area contributed by atoms with E-state index in [2.05, 4.69) is 15.6 Å². The van der Waals surface area contributed by atoms with Crippen molar-refractivity contribution < 1.29 is 14.3 Å². The second kappa shape index (κ2) is 6.89. The third-order valence-corrected chi connectivity index (χ3v) is 4.28. The molecule has 1 fully saturated rings. The zero-order chi connectivity index (χ0) is 16.2. The minimum Gasteiger partial charge on any atom is -0.368 e. The number of aryl methyl sites for hydroxylation is 1. The van der Waals surface area contributed by atoms with Gasteiger partial charge in [0.2, 0.25) is 0 Å². The van der Waals surface area contributed by atoms with Gasteiger partial charge in [-0.3, -0.25) is 14.9 Å². The maximum absolute atomic E-state index is 12.2. The summed E-state index contributed by atoms with van der Waals surface area (Å²) in [6.45, 7) is 2.54. The van der Waals surface area contributed by atoms with Crippen LogP contribution in [-0.2, 0) is 9.53 Å². The lowest BCUT2D eigenvalue weighted by molar-refractivity contribution is -0.124. The summed E-state index contributed by atoms with van der Waals surface area (Å²) in [6.07, 6.45) is 2.94. The Bertz CT molecular complexity index is 723. The number of carbonyl (C=O) groups is 2. The predicted molar refractivity (Wildman–Crippen MR) is 88.8 cm³/mol. The van der Waals surface area contributed by atoms with E-state index in [1.165, 1.54) is 11.3 Å². The number of anilines is 2. The maximum atomic E-state index is 12.2. The fraction of sp³-hybridized carbons (Fsp3) is 0.312. The number of thiazole rings is 1. The molecule has 0 saturated carbocycles. The highest BCUT2D eigenvalue weighted by Gasteiger charge is 2.23. The van der Waals surface area contributed by atoms with Crippen LogP contribution in [0.5, 0.6) is 0 Å². The highest BCUT2D eigenvalue weighted by Crippen LogP contribution is 2.19. The van der Waals surface area contributed by atoms with E-state index in [-0.39, 0.29) is 11.8 Å². The summed E-state index contributed by atoms with van der Waals surface area (Å²) in [6, 6.07) is 6.81. The first-order chi connectivity index (χ1) is 11.1. The second-order valence-corrected chi connectivity index (χ2v) is 6.54. The van der Waals surface area contributed by atoms with Gasteiger partial charge in [0.05, 0.1) is 0 Å². The molecule has 1 atom stereocenters. The van der Waals surface area contributed by atoms with Crippen LogP contribution >= 0.6 is 11.3 Å². The van der Waals surface area contributed by atoms with Gasteiger partial charge in [-0.15, -0.1) is 11.3 Å². The highest BCUT2D eigenvalue weighted by molar-refractivity contribution is 7.15. The van der Waals surface area contributed by atoms with E-state index in [0.29, 0.717) is 23.0 Å². The van der Waals surface area contributed by atoms with Crippen LogP contribution in [0, 0.1) is 6.92 Å². The number of ether oxygens (including phenoxy) is 1. The normalized spacial score (nSPS) is 17.0. The van der Waals surface area contributed by atoms with Crippen molar-refractivity contribution in [2.45, 2.75) is 25.9 Å². The fourth-order valence-electron chi connectivity index (χ4n) is 2.33. The van der Waals surface area contributed by atoms with Crippen molar-refractivity contribution >= 4 is 34.0 Å². The molecule has 120 valence electrons. The van der Waals surface area contributed by atoms with Gasteiger partial charge in [-0.25, -0.2) is 4.98 Å². The molecule has 1 saturated heterocycles. The molecule has 2 amide bonds. The Morgan fingerprint density at radius 2 is 2.22 bits per heavy atom. The number of benzene rings is 1. The number of hydrogen-bond acceptors (Lipinski definition) is 5. The molecule has 0 spiro atoms. The molecule has 0 bridgehead atoms. The number of rotatable bonds is 4. The minimum atomic E-state index is -0.397. The van der Waals surface area contributed by atoms with E-state index in [4.69, 9.17) is 4.74 Å². The number of aromatic nitrogens is 1. The van der Waals surface area contributed by atoms with Gasteiger partial charge < -0.3 is 10.1 Å². The lowest BCUT2D eigenvalue weighted by Crippen LogP contribution is -2.27. The van der Waals surface area contributed by atoms with Crippen molar-refractivity contribution in [2.24, 2.45) is 0 Å². The van der Waals surface area contributed by atoms with Crippen molar-refractivity contribution in [1.82, 2.24) is 4.98 Å². The minimum absolute atomic E-state index is 0.171. The van der Waals surface area contributed by atoms with Crippen molar-refractivity contribution in [3.8, 4) is 0 Å². The summed E-state index contributed by atoms with van der Waals surface area (Å²) >= 11 is 1.41. The van der Waals surface area contributed by atoms with Crippen LogP contribution in [0.25, 0.3) is 0 Å².